The second-order valence-corrected chi connectivity index (χ2v) is 9.73. The number of hydrogen-bond acceptors (Lipinski definition) is 6. The van der Waals surface area contributed by atoms with E-state index in [1.54, 1.807) is 18.3 Å². The Bertz CT molecular complexity index is 1510. The van der Waals surface area contributed by atoms with Crippen molar-refractivity contribution >= 4 is 28.0 Å². The number of H-pyrrole nitrogens is 1. The van der Waals surface area contributed by atoms with Gasteiger partial charge in [-0.05, 0) is 31.0 Å². The second kappa shape index (κ2) is 8.91. The maximum Gasteiger partial charge on any atom is 0.332 e. The van der Waals surface area contributed by atoms with Crippen LogP contribution in [0.4, 0.5) is 4.39 Å². The Hall–Kier alpha value is -3.97. The van der Waals surface area contributed by atoms with Crippen LogP contribution in [0, 0.1) is 17.1 Å². The number of carboxylic acid groups (broad SMARTS) is 1. The van der Waals surface area contributed by atoms with Crippen LogP contribution in [-0.4, -0.2) is 50.6 Å². The van der Waals surface area contributed by atoms with Crippen molar-refractivity contribution in [2.45, 2.75) is 50.5 Å². The highest BCUT2D eigenvalue weighted by molar-refractivity contribution is 5.94. The number of aromatic amines is 1. The van der Waals surface area contributed by atoms with Gasteiger partial charge in [0.2, 0.25) is 0 Å². The number of carboxylic acids is 1. The van der Waals surface area contributed by atoms with E-state index < -0.39 is 23.3 Å². The Morgan fingerprint density at radius 1 is 1.39 bits per heavy atom. The molecule has 0 amide bonds. The predicted molar refractivity (Wildman–Crippen MR) is 130 cm³/mol. The molecule has 1 aliphatic heterocycles. The molecule has 9 nitrogen and oxygen atoms in total. The molecule has 4 aromatic rings. The van der Waals surface area contributed by atoms with E-state index in [-0.39, 0.29) is 24.7 Å². The van der Waals surface area contributed by atoms with Crippen LogP contribution in [0.1, 0.15) is 50.3 Å². The largest absolute Gasteiger partial charge is 0.494 e. The fourth-order valence-electron chi connectivity index (χ4n) is 5.16. The zero-order chi connectivity index (χ0) is 25.6. The highest BCUT2D eigenvalue weighted by Gasteiger charge is 2.38. The number of halogens is 1. The average Bonchev–Trinajstić information content (AvgIpc) is 3.45. The number of rotatable bonds is 6. The van der Waals surface area contributed by atoms with Crippen molar-refractivity contribution in [3.8, 4) is 17.5 Å². The summed E-state index contributed by atoms with van der Waals surface area (Å²) in [4.78, 5) is 16.4. The Morgan fingerprint density at radius 3 is 2.86 bits per heavy atom. The number of benzene rings is 1. The van der Waals surface area contributed by atoms with Crippen LogP contribution in [0.15, 0.2) is 30.5 Å². The van der Waals surface area contributed by atoms with Crippen LogP contribution in [0.5, 0.6) is 5.75 Å². The molecule has 3 aromatic heterocycles. The van der Waals surface area contributed by atoms with Gasteiger partial charge in [0, 0.05) is 46.2 Å². The second-order valence-electron chi connectivity index (χ2n) is 9.73. The van der Waals surface area contributed by atoms with Gasteiger partial charge in [-0.2, -0.15) is 10.4 Å². The van der Waals surface area contributed by atoms with Crippen molar-refractivity contribution in [1.82, 2.24) is 19.7 Å². The lowest BCUT2D eigenvalue weighted by atomic mass is 9.79. The van der Waals surface area contributed by atoms with Crippen LogP contribution in [-0.2, 0) is 14.9 Å². The Morgan fingerprint density at radius 2 is 2.19 bits per heavy atom. The molecule has 0 radical (unpaired) electrons. The number of pyridine rings is 1. The minimum absolute atomic E-state index is 0.0996. The molecule has 0 bridgehead atoms. The summed E-state index contributed by atoms with van der Waals surface area (Å²) in [7, 11) is 1.41. The number of aromatic nitrogens is 4. The Kier molecular flexibility index (Phi) is 5.88. The average molecular weight is 492 g/mol. The normalized spacial score (nSPS) is 18.4. The van der Waals surface area contributed by atoms with E-state index in [1.807, 2.05) is 24.5 Å². The highest BCUT2D eigenvalue weighted by Crippen LogP contribution is 2.45. The quantitative estimate of drug-likeness (QED) is 0.404. The monoisotopic (exact) mass is 491 g/mol. The van der Waals surface area contributed by atoms with Gasteiger partial charge in [0.25, 0.3) is 0 Å². The third-order valence-corrected chi connectivity index (χ3v) is 6.90. The topological polar surface area (TPSA) is 126 Å². The van der Waals surface area contributed by atoms with Crippen molar-refractivity contribution < 1.29 is 23.8 Å². The van der Waals surface area contributed by atoms with Crippen molar-refractivity contribution in [2.24, 2.45) is 0 Å². The van der Waals surface area contributed by atoms with Crippen LogP contribution >= 0.6 is 0 Å². The van der Waals surface area contributed by atoms with Crippen molar-refractivity contribution in [3.63, 3.8) is 0 Å². The first-order valence-corrected chi connectivity index (χ1v) is 11.7. The lowest BCUT2D eigenvalue weighted by molar-refractivity contribution is -0.153. The number of nitrogens with one attached hydrogen (secondary N) is 1. The number of hydrogen-bond donors (Lipinski definition) is 2. The maximum atomic E-state index is 14.4. The molecule has 2 N–H and O–H groups in total. The van der Waals surface area contributed by atoms with Gasteiger partial charge in [-0.3, -0.25) is 5.10 Å². The lowest BCUT2D eigenvalue weighted by Gasteiger charge is -2.31. The SMILES string of the molecule is COc1cc(-n2c(C(C)(C)CC#N)c(C3CC[C@@H](C(=O)O)OC3)c3nc4[nH]ncc4cc32)ccc1F. The molecule has 0 saturated carbocycles. The molecule has 5 rings (SSSR count). The molecule has 4 heterocycles. The molecule has 1 unspecified atom stereocenters. The van der Waals surface area contributed by atoms with Gasteiger partial charge in [-0.25, -0.2) is 14.2 Å². The number of nitriles is 1. The van der Waals surface area contributed by atoms with E-state index in [9.17, 15) is 19.6 Å². The number of carbonyl (C=O) groups is 1. The minimum Gasteiger partial charge on any atom is -0.494 e. The fraction of sp³-hybridized carbons (Fsp3) is 0.385. The third kappa shape index (κ3) is 3.85. The Balaban J connectivity index is 1.84. The third-order valence-electron chi connectivity index (χ3n) is 6.90. The molecule has 2 atom stereocenters. The van der Waals surface area contributed by atoms with Gasteiger partial charge < -0.3 is 19.1 Å². The molecule has 1 aliphatic rings. The lowest BCUT2D eigenvalue weighted by Crippen LogP contribution is -2.32. The van der Waals surface area contributed by atoms with Gasteiger partial charge in [0.05, 0.1) is 37.0 Å². The van der Waals surface area contributed by atoms with E-state index >= 15 is 0 Å². The first kappa shape index (κ1) is 23.8. The summed E-state index contributed by atoms with van der Waals surface area (Å²) in [5.41, 5.74) is 3.88. The van der Waals surface area contributed by atoms with Crippen LogP contribution in [0.25, 0.3) is 27.8 Å². The zero-order valence-corrected chi connectivity index (χ0v) is 20.2. The predicted octanol–water partition coefficient (Wildman–Crippen LogP) is 4.59. The first-order chi connectivity index (χ1) is 17.2. The van der Waals surface area contributed by atoms with Crippen LogP contribution in [0.2, 0.25) is 0 Å². The van der Waals surface area contributed by atoms with Gasteiger partial charge >= 0.3 is 5.97 Å². The standard InChI is InChI=1S/C26H26FN5O4/c1-26(2,8-9-28)23-21(14-4-7-19(25(33)34)36-13-14)22-18(10-15-12-29-31-24(15)30-22)32(23)16-5-6-17(27)20(11-16)35-3/h5-6,10-12,14,19H,4,7-8,13H2,1-3H3,(H,33,34)(H,29,30,31)/t14?,19-/m0/s1. The molecular weight excluding hydrogens is 465 g/mol. The molecule has 36 heavy (non-hydrogen) atoms. The van der Waals surface area contributed by atoms with Gasteiger partial charge in [0.1, 0.15) is 0 Å². The van der Waals surface area contributed by atoms with Gasteiger partial charge in [-0.15, -0.1) is 0 Å². The summed E-state index contributed by atoms with van der Waals surface area (Å²) < 4.78 is 27.4. The molecule has 1 fully saturated rings. The molecule has 1 aromatic carbocycles. The van der Waals surface area contributed by atoms with E-state index in [0.29, 0.717) is 29.7 Å². The van der Waals surface area contributed by atoms with Crippen molar-refractivity contribution in [1.29, 1.82) is 5.26 Å². The Labute approximate surface area is 206 Å². The van der Waals surface area contributed by atoms with Gasteiger partial charge in [-0.1, -0.05) is 13.8 Å². The van der Waals surface area contributed by atoms with Gasteiger partial charge in [0.15, 0.2) is 23.3 Å². The number of fused-ring (bicyclic) bond motifs is 2. The number of methoxy groups -OCH3 is 1. The first-order valence-electron chi connectivity index (χ1n) is 11.7. The molecule has 186 valence electrons. The molecule has 10 heteroatoms. The van der Waals surface area contributed by atoms with E-state index in [2.05, 4.69) is 16.3 Å². The summed E-state index contributed by atoms with van der Waals surface area (Å²) in [5.74, 6) is -1.50. The molecular formula is C26H26FN5O4. The summed E-state index contributed by atoms with van der Waals surface area (Å²) in [6.45, 7) is 4.19. The van der Waals surface area contributed by atoms with Crippen LogP contribution in [0.3, 0.4) is 0 Å². The minimum atomic E-state index is -0.975. The number of aliphatic carboxylic acids is 1. The molecule has 1 saturated heterocycles. The number of nitrogens with zero attached hydrogens (tertiary/aromatic N) is 4. The highest BCUT2D eigenvalue weighted by atomic mass is 19.1. The number of ether oxygens (including phenoxy) is 2. The van der Waals surface area contributed by atoms with Crippen LogP contribution < -0.4 is 4.74 Å². The molecule has 0 spiro atoms. The summed E-state index contributed by atoms with van der Waals surface area (Å²) in [6, 6.07) is 8.92. The summed E-state index contributed by atoms with van der Waals surface area (Å²) >= 11 is 0. The summed E-state index contributed by atoms with van der Waals surface area (Å²) in [6.07, 6.45) is 2.01. The van der Waals surface area contributed by atoms with E-state index in [4.69, 9.17) is 14.5 Å². The smallest absolute Gasteiger partial charge is 0.332 e. The maximum absolute atomic E-state index is 14.4. The van der Waals surface area contributed by atoms with Crippen molar-refractivity contribution in [2.75, 3.05) is 13.7 Å². The molecule has 0 aliphatic carbocycles. The van der Waals surface area contributed by atoms with E-state index in [0.717, 1.165) is 22.2 Å². The van der Waals surface area contributed by atoms with Crippen molar-refractivity contribution in [3.05, 3.63) is 47.5 Å². The van der Waals surface area contributed by atoms with E-state index in [1.165, 1.54) is 13.2 Å². The summed E-state index contributed by atoms with van der Waals surface area (Å²) in [5, 5.41) is 26.9. The fourth-order valence-corrected chi connectivity index (χ4v) is 5.16. The zero-order valence-electron chi connectivity index (χ0n) is 20.2.